The van der Waals surface area contributed by atoms with Crippen molar-refractivity contribution < 1.29 is 40.7 Å². The highest BCUT2D eigenvalue weighted by atomic mass is 79.9. The maximum Gasteiger partial charge on any atom is 0.306 e. The highest BCUT2D eigenvalue weighted by Crippen LogP contribution is 2.27. The van der Waals surface area contributed by atoms with Crippen LogP contribution in [0.1, 0.15) is 30.1 Å². The highest BCUT2D eigenvalue weighted by molar-refractivity contribution is 5.92. The standard InChI is InChI=1S/C13H14N2O4.BrH/c1-13(5-4-11(17)19-13)10(16)8-15-6-2-3-9(7-15)12(14)18;/h2-3,6-7H,4-5,8H2,1H3,(H-,14,18);1H. The van der Waals surface area contributed by atoms with E-state index in [0.29, 0.717) is 12.0 Å². The van der Waals surface area contributed by atoms with Crippen LogP contribution in [0.4, 0.5) is 0 Å². The molecule has 1 aromatic rings. The maximum atomic E-state index is 12.1. The monoisotopic (exact) mass is 342 g/mol. The lowest BCUT2D eigenvalue weighted by molar-refractivity contribution is -0.684. The SMILES string of the molecule is CC1(C(=O)C[n+]2cccc(C(N)=O)c2)CCC(=O)O1.[Br-]. The van der Waals surface area contributed by atoms with Crippen LogP contribution in [-0.4, -0.2) is 23.3 Å². The number of nitrogens with zero attached hydrogens (tertiary/aromatic N) is 1. The number of Topliss-reactive ketones (excluding diaryl/α,β-unsaturated/α-hetero) is 1. The molecule has 20 heavy (non-hydrogen) atoms. The smallest absolute Gasteiger partial charge is 0.306 e. The van der Waals surface area contributed by atoms with E-state index >= 15 is 0 Å². The number of cyclic esters (lactones) is 1. The van der Waals surface area contributed by atoms with Crippen LogP contribution in [0.5, 0.6) is 0 Å². The van der Waals surface area contributed by atoms with Crippen LogP contribution in [0.15, 0.2) is 24.5 Å². The van der Waals surface area contributed by atoms with Gasteiger partial charge in [-0.2, -0.15) is 4.57 Å². The molecule has 7 heteroatoms. The molecule has 0 bridgehead atoms. The Bertz CT molecular complexity index is 561. The van der Waals surface area contributed by atoms with Crippen molar-refractivity contribution in [3.05, 3.63) is 30.1 Å². The molecular weight excluding hydrogens is 328 g/mol. The van der Waals surface area contributed by atoms with E-state index in [9.17, 15) is 14.4 Å². The minimum Gasteiger partial charge on any atom is -1.00 e. The number of halogens is 1. The van der Waals surface area contributed by atoms with Crippen molar-refractivity contribution in [3.8, 4) is 0 Å². The highest BCUT2D eigenvalue weighted by Gasteiger charge is 2.43. The Kier molecular flexibility index (Phi) is 4.99. The summed E-state index contributed by atoms with van der Waals surface area (Å²) >= 11 is 0. The van der Waals surface area contributed by atoms with Gasteiger partial charge in [-0.25, -0.2) is 0 Å². The van der Waals surface area contributed by atoms with Crippen molar-refractivity contribution in [1.29, 1.82) is 0 Å². The van der Waals surface area contributed by atoms with E-state index in [0.717, 1.165) is 0 Å². The summed E-state index contributed by atoms with van der Waals surface area (Å²) in [7, 11) is 0. The average Bonchev–Trinajstić information content (AvgIpc) is 2.71. The van der Waals surface area contributed by atoms with Gasteiger partial charge in [0.25, 0.3) is 5.91 Å². The molecule has 1 aromatic heterocycles. The van der Waals surface area contributed by atoms with Crippen LogP contribution < -0.4 is 27.3 Å². The molecule has 108 valence electrons. The van der Waals surface area contributed by atoms with E-state index in [-0.39, 0.29) is 41.7 Å². The van der Waals surface area contributed by atoms with Crippen molar-refractivity contribution in [2.75, 3.05) is 0 Å². The molecule has 2 rings (SSSR count). The Labute approximate surface area is 126 Å². The Hall–Kier alpha value is -1.76. The number of ketones is 1. The van der Waals surface area contributed by atoms with Crippen LogP contribution in [0.2, 0.25) is 0 Å². The van der Waals surface area contributed by atoms with E-state index in [1.54, 1.807) is 29.8 Å². The molecule has 0 radical (unpaired) electrons. The number of ether oxygens (including phenoxy) is 1. The lowest BCUT2D eigenvalue weighted by Gasteiger charge is -2.18. The van der Waals surface area contributed by atoms with Gasteiger partial charge in [0.05, 0.1) is 0 Å². The van der Waals surface area contributed by atoms with Crippen LogP contribution >= 0.6 is 0 Å². The molecule has 1 fully saturated rings. The molecule has 2 heterocycles. The van der Waals surface area contributed by atoms with Gasteiger partial charge in [0.1, 0.15) is 5.56 Å². The van der Waals surface area contributed by atoms with E-state index in [4.69, 9.17) is 10.5 Å². The van der Waals surface area contributed by atoms with Crippen molar-refractivity contribution in [1.82, 2.24) is 0 Å². The third-order valence-corrected chi connectivity index (χ3v) is 3.20. The quantitative estimate of drug-likeness (QED) is 0.459. The van der Waals surface area contributed by atoms with Gasteiger partial charge in [0, 0.05) is 18.9 Å². The van der Waals surface area contributed by atoms with Gasteiger partial charge < -0.3 is 27.5 Å². The zero-order valence-corrected chi connectivity index (χ0v) is 12.6. The molecule has 1 saturated heterocycles. The summed E-state index contributed by atoms with van der Waals surface area (Å²) in [6, 6.07) is 3.21. The van der Waals surface area contributed by atoms with Crippen LogP contribution in [0.3, 0.4) is 0 Å². The molecule has 1 unspecified atom stereocenters. The van der Waals surface area contributed by atoms with Gasteiger partial charge in [-0.3, -0.25) is 14.4 Å². The topological polar surface area (TPSA) is 90.3 Å². The predicted molar refractivity (Wildman–Crippen MR) is 63.9 cm³/mol. The van der Waals surface area contributed by atoms with E-state index in [1.165, 1.54) is 6.20 Å². The largest absolute Gasteiger partial charge is 1.00 e. The summed E-state index contributed by atoms with van der Waals surface area (Å²) in [4.78, 5) is 34.3. The van der Waals surface area contributed by atoms with Gasteiger partial charge in [-0.15, -0.1) is 0 Å². The second kappa shape index (κ2) is 6.13. The number of primary amides is 1. The normalized spacial score (nSPS) is 20.9. The first-order valence-corrected chi connectivity index (χ1v) is 5.95. The van der Waals surface area contributed by atoms with Crippen molar-refractivity contribution in [3.63, 3.8) is 0 Å². The molecule has 0 saturated carbocycles. The van der Waals surface area contributed by atoms with Crippen molar-refractivity contribution >= 4 is 17.7 Å². The lowest BCUT2D eigenvalue weighted by atomic mass is 9.97. The van der Waals surface area contributed by atoms with Gasteiger partial charge in [0.15, 0.2) is 18.0 Å². The summed E-state index contributed by atoms with van der Waals surface area (Å²) in [5.41, 5.74) is 4.43. The second-order valence-corrected chi connectivity index (χ2v) is 4.76. The minimum atomic E-state index is -1.06. The summed E-state index contributed by atoms with van der Waals surface area (Å²) in [5.74, 6) is -1.11. The number of pyridine rings is 1. The third kappa shape index (κ3) is 3.41. The maximum absolute atomic E-state index is 12.1. The van der Waals surface area contributed by atoms with Gasteiger partial charge in [-0.05, 0) is 13.0 Å². The first-order chi connectivity index (χ1) is 8.90. The summed E-state index contributed by atoms with van der Waals surface area (Å²) in [5, 5.41) is 0. The van der Waals surface area contributed by atoms with Gasteiger partial charge in [0.2, 0.25) is 12.3 Å². The van der Waals surface area contributed by atoms with E-state index < -0.39 is 11.5 Å². The average molecular weight is 343 g/mol. The van der Waals surface area contributed by atoms with Gasteiger partial charge in [-0.1, -0.05) is 0 Å². The Balaban J connectivity index is 0.00000200. The molecule has 0 aromatic carbocycles. The number of aromatic nitrogens is 1. The molecule has 1 aliphatic rings. The molecule has 2 N–H and O–H groups in total. The fourth-order valence-corrected chi connectivity index (χ4v) is 1.99. The van der Waals surface area contributed by atoms with Crippen molar-refractivity contribution in [2.24, 2.45) is 5.73 Å². The van der Waals surface area contributed by atoms with Crippen molar-refractivity contribution in [2.45, 2.75) is 31.9 Å². The molecule has 0 aliphatic carbocycles. The summed E-state index contributed by atoms with van der Waals surface area (Å²) in [6.07, 6.45) is 3.81. The third-order valence-electron chi connectivity index (χ3n) is 3.20. The molecule has 1 atom stereocenters. The fourth-order valence-electron chi connectivity index (χ4n) is 1.99. The number of hydrogen-bond donors (Lipinski definition) is 1. The number of carbonyl (C=O) groups is 3. The lowest BCUT2D eigenvalue weighted by Crippen LogP contribution is -3.00. The minimum absolute atomic E-state index is 0. The zero-order valence-electron chi connectivity index (χ0n) is 11.0. The number of rotatable bonds is 4. The fraction of sp³-hybridized carbons (Fsp3) is 0.385. The van der Waals surface area contributed by atoms with Gasteiger partial charge >= 0.3 is 5.97 Å². The van der Waals surface area contributed by atoms with Crippen LogP contribution in [0.25, 0.3) is 0 Å². The molecule has 6 nitrogen and oxygen atoms in total. The van der Waals surface area contributed by atoms with Crippen LogP contribution in [-0.2, 0) is 20.9 Å². The number of esters is 1. The Morgan fingerprint density at radius 2 is 2.20 bits per heavy atom. The molecule has 0 spiro atoms. The summed E-state index contributed by atoms with van der Waals surface area (Å²) in [6.45, 7) is 1.64. The van der Waals surface area contributed by atoms with Crippen LogP contribution in [0, 0.1) is 0 Å². The zero-order chi connectivity index (χ0) is 14.0. The molecule has 1 aliphatic heterocycles. The Morgan fingerprint density at radius 3 is 2.75 bits per heavy atom. The molecular formula is C13H15BrN2O4. The van der Waals surface area contributed by atoms with E-state index in [1.807, 2.05) is 0 Å². The number of hydrogen-bond acceptors (Lipinski definition) is 4. The first kappa shape index (κ1) is 16.3. The predicted octanol–water partition coefficient (Wildman–Crippen LogP) is -3.26. The Morgan fingerprint density at radius 1 is 1.50 bits per heavy atom. The first-order valence-electron chi connectivity index (χ1n) is 5.95. The van der Waals surface area contributed by atoms with E-state index in [2.05, 4.69) is 0 Å². The number of amides is 1. The number of carbonyl (C=O) groups excluding carboxylic acids is 3. The second-order valence-electron chi connectivity index (χ2n) is 4.76. The number of nitrogens with two attached hydrogens (primary N) is 1. The summed E-state index contributed by atoms with van der Waals surface area (Å²) < 4.78 is 6.62. The molecule has 1 amide bonds.